The second-order valence-corrected chi connectivity index (χ2v) is 8.53. The molecular formula is C19H23FN3O3S+. The molecule has 1 saturated heterocycles. The van der Waals surface area contributed by atoms with Crippen LogP contribution in [-0.2, 0) is 14.8 Å². The maximum atomic E-state index is 13.0. The van der Waals surface area contributed by atoms with Crippen molar-refractivity contribution in [3.63, 3.8) is 0 Å². The molecular weight excluding hydrogens is 369 g/mol. The van der Waals surface area contributed by atoms with Gasteiger partial charge in [0.05, 0.1) is 31.1 Å². The van der Waals surface area contributed by atoms with E-state index < -0.39 is 10.0 Å². The zero-order chi connectivity index (χ0) is 19.4. The Morgan fingerprint density at radius 2 is 1.67 bits per heavy atom. The molecule has 2 N–H and O–H groups in total. The van der Waals surface area contributed by atoms with Gasteiger partial charge in [-0.2, -0.15) is 4.31 Å². The number of quaternary nitrogens is 1. The van der Waals surface area contributed by atoms with E-state index in [0.717, 1.165) is 4.90 Å². The van der Waals surface area contributed by atoms with Crippen molar-refractivity contribution in [2.24, 2.45) is 0 Å². The summed E-state index contributed by atoms with van der Waals surface area (Å²) in [6.45, 7) is 3.63. The molecule has 0 saturated carbocycles. The molecule has 1 aliphatic rings. The Morgan fingerprint density at radius 3 is 2.26 bits per heavy atom. The molecule has 0 spiro atoms. The van der Waals surface area contributed by atoms with Gasteiger partial charge in [0.2, 0.25) is 10.0 Å². The molecule has 0 aromatic heterocycles. The van der Waals surface area contributed by atoms with Gasteiger partial charge in [-0.3, -0.25) is 4.79 Å². The first-order valence-electron chi connectivity index (χ1n) is 8.84. The first-order valence-corrected chi connectivity index (χ1v) is 10.3. The average Bonchev–Trinajstić information content (AvgIpc) is 2.70. The summed E-state index contributed by atoms with van der Waals surface area (Å²) in [6.07, 6.45) is 0. The van der Waals surface area contributed by atoms with Gasteiger partial charge < -0.3 is 10.2 Å². The number of benzene rings is 2. The number of hydrogen-bond donors (Lipinski definition) is 2. The normalized spacial score (nSPS) is 17.4. The predicted octanol–water partition coefficient (Wildman–Crippen LogP) is 0.742. The van der Waals surface area contributed by atoms with E-state index in [1.807, 2.05) is 6.92 Å². The van der Waals surface area contributed by atoms with Crippen LogP contribution in [0.3, 0.4) is 0 Å². The maximum absolute atomic E-state index is 13.0. The van der Waals surface area contributed by atoms with Crippen LogP contribution >= 0.6 is 0 Å². The maximum Gasteiger partial charge on any atom is 0.282 e. The van der Waals surface area contributed by atoms with E-state index in [0.29, 0.717) is 31.9 Å². The van der Waals surface area contributed by atoms with E-state index in [9.17, 15) is 17.6 Å². The minimum atomic E-state index is -3.50. The van der Waals surface area contributed by atoms with Crippen molar-refractivity contribution in [3.8, 4) is 0 Å². The van der Waals surface area contributed by atoms with Gasteiger partial charge in [-0.1, -0.05) is 18.2 Å². The molecule has 2 aromatic carbocycles. The van der Waals surface area contributed by atoms with Crippen molar-refractivity contribution in [1.82, 2.24) is 4.31 Å². The molecule has 1 fully saturated rings. The molecule has 27 heavy (non-hydrogen) atoms. The van der Waals surface area contributed by atoms with Gasteiger partial charge in [-0.15, -0.1) is 0 Å². The van der Waals surface area contributed by atoms with E-state index in [-0.39, 0.29) is 22.7 Å². The fourth-order valence-corrected chi connectivity index (χ4v) is 4.62. The van der Waals surface area contributed by atoms with Gasteiger partial charge >= 0.3 is 0 Å². The van der Waals surface area contributed by atoms with E-state index in [1.165, 1.54) is 28.6 Å². The second-order valence-electron chi connectivity index (χ2n) is 6.59. The minimum absolute atomic E-state index is 0.170. The fraction of sp³-hybridized carbons (Fsp3) is 0.316. The van der Waals surface area contributed by atoms with Crippen LogP contribution in [-0.4, -0.2) is 50.9 Å². The van der Waals surface area contributed by atoms with Crippen molar-refractivity contribution >= 4 is 21.6 Å². The smallest absolute Gasteiger partial charge is 0.282 e. The molecule has 1 atom stereocenters. The molecule has 8 heteroatoms. The Hall–Kier alpha value is -2.29. The van der Waals surface area contributed by atoms with Gasteiger partial charge in [-0.05, 0) is 43.3 Å². The molecule has 0 aliphatic carbocycles. The second kappa shape index (κ2) is 8.16. The van der Waals surface area contributed by atoms with E-state index in [4.69, 9.17) is 0 Å². The van der Waals surface area contributed by atoms with Crippen LogP contribution in [0.1, 0.15) is 6.92 Å². The summed E-state index contributed by atoms with van der Waals surface area (Å²) in [6, 6.07) is 13.6. The zero-order valence-corrected chi connectivity index (χ0v) is 15.9. The van der Waals surface area contributed by atoms with Crippen LogP contribution in [0.4, 0.5) is 10.1 Å². The number of amides is 1. The third-order valence-electron chi connectivity index (χ3n) is 4.86. The highest BCUT2D eigenvalue weighted by atomic mass is 32.2. The standard InChI is InChI=1S/C19H22FN3O3S/c1-15(19(24)21-17-9-7-16(20)8-10-17)22-11-13-23(14-12-22)27(25,26)18-5-3-2-4-6-18/h2-10,15H,11-14H2,1H3,(H,21,24)/p+1/t15-/m1/s1. The first kappa shape index (κ1) is 19.5. The minimum Gasteiger partial charge on any atom is -0.323 e. The lowest BCUT2D eigenvalue weighted by Crippen LogP contribution is -3.19. The molecule has 1 amide bonds. The van der Waals surface area contributed by atoms with Crippen LogP contribution in [0.5, 0.6) is 0 Å². The van der Waals surface area contributed by atoms with Crippen molar-refractivity contribution in [2.45, 2.75) is 17.9 Å². The lowest BCUT2D eigenvalue weighted by atomic mass is 10.2. The van der Waals surface area contributed by atoms with Crippen molar-refractivity contribution < 1.29 is 22.5 Å². The summed E-state index contributed by atoms with van der Waals surface area (Å²) < 4.78 is 39.8. The molecule has 0 unspecified atom stereocenters. The topological polar surface area (TPSA) is 70.9 Å². The SMILES string of the molecule is C[C@H](C(=O)Nc1ccc(F)cc1)[NH+]1CCN(S(=O)(=O)c2ccccc2)CC1. The zero-order valence-electron chi connectivity index (χ0n) is 15.1. The Balaban J connectivity index is 1.58. The van der Waals surface area contributed by atoms with Gasteiger partial charge in [0.25, 0.3) is 5.91 Å². The fourth-order valence-electron chi connectivity index (χ4n) is 3.16. The number of anilines is 1. The number of nitrogens with one attached hydrogen (secondary N) is 2. The van der Waals surface area contributed by atoms with Crippen LogP contribution < -0.4 is 10.2 Å². The lowest BCUT2D eigenvalue weighted by Gasteiger charge is -2.34. The first-order chi connectivity index (χ1) is 12.9. The predicted molar refractivity (Wildman–Crippen MR) is 100 cm³/mol. The monoisotopic (exact) mass is 392 g/mol. The van der Waals surface area contributed by atoms with Gasteiger partial charge in [0.15, 0.2) is 6.04 Å². The van der Waals surface area contributed by atoms with E-state index >= 15 is 0 Å². The summed E-state index contributed by atoms with van der Waals surface area (Å²) in [5.41, 5.74) is 0.540. The Bertz CT molecular complexity index is 880. The number of halogens is 1. The van der Waals surface area contributed by atoms with Crippen molar-refractivity contribution in [3.05, 3.63) is 60.4 Å². The number of sulfonamides is 1. The quantitative estimate of drug-likeness (QED) is 0.789. The number of carbonyl (C=O) groups is 1. The van der Waals surface area contributed by atoms with Gasteiger partial charge in [-0.25, -0.2) is 12.8 Å². The molecule has 1 heterocycles. The third-order valence-corrected chi connectivity index (χ3v) is 6.78. The van der Waals surface area contributed by atoms with E-state index in [1.54, 1.807) is 30.3 Å². The Labute approximate surface area is 158 Å². The van der Waals surface area contributed by atoms with Crippen LogP contribution in [0, 0.1) is 5.82 Å². The van der Waals surface area contributed by atoms with E-state index in [2.05, 4.69) is 5.32 Å². The molecule has 6 nitrogen and oxygen atoms in total. The Kier molecular flexibility index (Phi) is 5.88. The highest BCUT2D eigenvalue weighted by Gasteiger charge is 2.34. The largest absolute Gasteiger partial charge is 0.323 e. The summed E-state index contributed by atoms with van der Waals surface area (Å²) in [4.78, 5) is 13.7. The highest BCUT2D eigenvalue weighted by molar-refractivity contribution is 7.89. The van der Waals surface area contributed by atoms with Gasteiger partial charge in [0.1, 0.15) is 5.82 Å². The average molecular weight is 392 g/mol. The Morgan fingerprint density at radius 1 is 1.07 bits per heavy atom. The molecule has 0 radical (unpaired) electrons. The van der Waals surface area contributed by atoms with Crippen LogP contribution in [0.25, 0.3) is 0 Å². The van der Waals surface area contributed by atoms with Crippen molar-refractivity contribution in [1.29, 1.82) is 0 Å². The number of hydrogen-bond acceptors (Lipinski definition) is 3. The van der Waals surface area contributed by atoms with Gasteiger partial charge in [0, 0.05) is 5.69 Å². The van der Waals surface area contributed by atoms with Crippen molar-refractivity contribution in [2.75, 3.05) is 31.5 Å². The summed E-state index contributed by atoms with van der Waals surface area (Å²) >= 11 is 0. The number of nitrogens with zero attached hydrogens (tertiary/aromatic N) is 1. The lowest BCUT2D eigenvalue weighted by molar-refractivity contribution is -0.917. The third kappa shape index (κ3) is 4.52. The molecule has 1 aliphatic heterocycles. The summed E-state index contributed by atoms with van der Waals surface area (Å²) in [5.74, 6) is -0.529. The number of rotatable bonds is 5. The molecule has 0 bridgehead atoms. The summed E-state index contributed by atoms with van der Waals surface area (Å²) in [5, 5.41) is 2.78. The van der Waals surface area contributed by atoms with Crippen LogP contribution in [0.2, 0.25) is 0 Å². The highest BCUT2D eigenvalue weighted by Crippen LogP contribution is 2.15. The van der Waals surface area contributed by atoms with Crippen LogP contribution in [0.15, 0.2) is 59.5 Å². The molecule has 3 rings (SSSR count). The molecule has 2 aromatic rings. The number of piperazine rings is 1. The number of carbonyl (C=O) groups excluding carboxylic acids is 1. The molecule has 144 valence electrons. The summed E-state index contributed by atoms with van der Waals surface area (Å²) in [7, 11) is -3.50.